The second-order valence-electron chi connectivity index (χ2n) is 5.89. The number of aromatic nitrogens is 2. The summed E-state index contributed by atoms with van der Waals surface area (Å²) in [6.45, 7) is 3.83. The van der Waals surface area contributed by atoms with Crippen molar-refractivity contribution in [2.45, 2.75) is 51.5 Å². The Bertz CT molecular complexity index is 552. The van der Waals surface area contributed by atoms with Gasteiger partial charge in [-0.15, -0.1) is 0 Å². The average Bonchev–Trinajstić information content (AvgIpc) is 2.82. The lowest BCUT2D eigenvalue weighted by Gasteiger charge is -2.39. The van der Waals surface area contributed by atoms with Crippen LogP contribution in [0.4, 0.5) is 0 Å². The Morgan fingerprint density at radius 1 is 1.52 bits per heavy atom. The van der Waals surface area contributed by atoms with Crippen molar-refractivity contribution in [3.63, 3.8) is 0 Å². The SMILES string of the molecule is CCc1nn(C)cc1C(=O)NC1(C(=O)O)CCCCC1C. The number of nitrogens with zero attached hydrogens (tertiary/aromatic N) is 2. The van der Waals surface area contributed by atoms with E-state index >= 15 is 0 Å². The van der Waals surface area contributed by atoms with Crippen molar-refractivity contribution in [2.24, 2.45) is 13.0 Å². The Labute approximate surface area is 124 Å². The first-order valence-electron chi connectivity index (χ1n) is 7.49. The molecule has 1 aliphatic rings. The van der Waals surface area contributed by atoms with E-state index in [-0.39, 0.29) is 11.8 Å². The molecule has 1 fully saturated rings. The molecular formula is C15H23N3O3. The van der Waals surface area contributed by atoms with Crippen molar-refractivity contribution in [2.75, 3.05) is 0 Å². The second-order valence-corrected chi connectivity index (χ2v) is 5.89. The van der Waals surface area contributed by atoms with E-state index in [1.807, 2.05) is 13.8 Å². The smallest absolute Gasteiger partial charge is 0.329 e. The largest absolute Gasteiger partial charge is 0.479 e. The highest BCUT2D eigenvalue weighted by Crippen LogP contribution is 2.34. The zero-order valence-electron chi connectivity index (χ0n) is 12.8. The normalized spacial score (nSPS) is 25.6. The number of hydrogen-bond acceptors (Lipinski definition) is 3. The van der Waals surface area contributed by atoms with Gasteiger partial charge in [-0.25, -0.2) is 4.79 Å². The molecular weight excluding hydrogens is 270 g/mol. The highest BCUT2D eigenvalue weighted by atomic mass is 16.4. The third-order valence-corrected chi connectivity index (χ3v) is 4.50. The number of carbonyl (C=O) groups excluding carboxylic acids is 1. The summed E-state index contributed by atoms with van der Waals surface area (Å²) < 4.78 is 1.59. The maximum atomic E-state index is 12.5. The van der Waals surface area contributed by atoms with Crippen molar-refractivity contribution < 1.29 is 14.7 Å². The quantitative estimate of drug-likeness (QED) is 0.885. The Hall–Kier alpha value is -1.85. The van der Waals surface area contributed by atoms with E-state index in [1.54, 1.807) is 17.9 Å². The summed E-state index contributed by atoms with van der Waals surface area (Å²) in [5.41, 5.74) is 0.00770. The molecule has 1 saturated carbocycles. The predicted molar refractivity (Wildman–Crippen MR) is 78.1 cm³/mol. The van der Waals surface area contributed by atoms with E-state index in [0.717, 1.165) is 19.3 Å². The molecule has 2 unspecified atom stereocenters. The highest BCUT2D eigenvalue weighted by molar-refractivity contribution is 5.98. The van der Waals surface area contributed by atoms with Crippen LogP contribution >= 0.6 is 0 Å². The summed E-state index contributed by atoms with van der Waals surface area (Å²) in [5, 5.41) is 16.7. The van der Waals surface area contributed by atoms with Gasteiger partial charge in [-0.05, 0) is 25.2 Å². The number of carbonyl (C=O) groups is 2. The van der Waals surface area contributed by atoms with Gasteiger partial charge >= 0.3 is 5.97 Å². The molecule has 0 spiro atoms. The number of amides is 1. The monoisotopic (exact) mass is 293 g/mol. The number of aryl methyl sites for hydroxylation is 2. The Morgan fingerprint density at radius 2 is 2.24 bits per heavy atom. The van der Waals surface area contributed by atoms with Crippen molar-refractivity contribution in [3.8, 4) is 0 Å². The fourth-order valence-corrected chi connectivity index (χ4v) is 3.16. The van der Waals surface area contributed by atoms with Gasteiger partial charge in [0.2, 0.25) is 0 Å². The van der Waals surface area contributed by atoms with Crippen molar-refractivity contribution in [3.05, 3.63) is 17.5 Å². The van der Waals surface area contributed by atoms with Gasteiger partial charge in [0.05, 0.1) is 11.3 Å². The molecule has 1 aliphatic carbocycles. The van der Waals surface area contributed by atoms with Crippen LogP contribution in [0.25, 0.3) is 0 Å². The molecule has 0 aliphatic heterocycles. The van der Waals surface area contributed by atoms with Crippen molar-refractivity contribution in [1.82, 2.24) is 15.1 Å². The molecule has 0 bridgehead atoms. The van der Waals surface area contributed by atoms with E-state index in [9.17, 15) is 14.7 Å². The molecule has 0 saturated heterocycles. The summed E-state index contributed by atoms with van der Waals surface area (Å²) in [4.78, 5) is 24.3. The first-order chi connectivity index (χ1) is 9.90. The van der Waals surface area contributed by atoms with Crippen LogP contribution < -0.4 is 5.32 Å². The second kappa shape index (κ2) is 5.87. The van der Waals surface area contributed by atoms with Gasteiger partial charge in [-0.3, -0.25) is 9.48 Å². The summed E-state index contributed by atoms with van der Waals surface area (Å²) in [6, 6.07) is 0. The van der Waals surface area contributed by atoms with E-state index in [4.69, 9.17) is 0 Å². The molecule has 1 aromatic heterocycles. The molecule has 6 nitrogen and oxygen atoms in total. The van der Waals surface area contributed by atoms with Gasteiger partial charge < -0.3 is 10.4 Å². The maximum absolute atomic E-state index is 12.5. The molecule has 1 amide bonds. The third-order valence-electron chi connectivity index (χ3n) is 4.50. The van der Waals surface area contributed by atoms with Crippen LogP contribution in [0.2, 0.25) is 0 Å². The molecule has 2 atom stereocenters. The minimum Gasteiger partial charge on any atom is -0.479 e. The van der Waals surface area contributed by atoms with Crippen LogP contribution in [0.1, 0.15) is 55.6 Å². The summed E-state index contributed by atoms with van der Waals surface area (Å²) >= 11 is 0. The van der Waals surface area contributed by atoms with Crippen LogP contribution in [0.15, 0.2) is 6.20 Å². The van der Waals surface area contributed by atoms with Gasteiger partial charge in [0, 0.05) is 13.2 Å². The summed E-state index contributed by atoms with van der Waals surface area (Å²) in [6.07, 6.45) is 5.43. The fourth-order valence-electron chi connectivity index (χ4n) is 3.16. The zero-order valence-corrected chi connectivity index (χ0v) is 12.8. The van der Waals surface area contributed by atoms with Crippen LogP contribution in [0, 0.1) is 5.92 Å². The number of aliphatic carboxylic acids is 1. The number of rotatable bonds is 4. The van der Waals surface area contributed by atoms with Gasteiger partial charge in [0.15, 0.2) is 0 Å². The molecule has 1 heterocycles. The molecule has 6 heteroatoms. The predicted octanol–water partition coefficient (Wildman–Crippen LogP) is 1.75. The first kappa shape index (κ1) is 15.5. The lowest BCUT2D eigenvalue weighted by atomic mass is 9.73. The first-order valence-corrected chi connectivity index (χ1v) is 7.49. The minimum absolute atomic E-state index is 0.0746. The number of nitrogens with one attached hydrogen (secondary N) is 1. The molecule has 2 rings (SSSR count). The van der Waals surface area contributed by atoms with E-state index in [0.29, 0.717) is 24.1 Å². The van der Waals surface area contributed by atoms with Crippen LogP contribution in [-0.2, 0) is 18.3 Å². The van der Waals surface area contributed by atoms with Gasteiger partial charge in [-0.2, -0.15) is 5.10 Å². The van der Waals surface area contributed by atoms with Crippen LogP contribution in [0.3, 0.4) is 0 Å². The van der Waals surface area contributed by atoms with Gasteiger partial charge in [-0.1, -0.05) is 26.7 Å². The lowest BCUT2D eigenvalue weighted by molar-refractivity contribution is -0.148. The summed E-state index contributed by atoms with van der Waals surface area (Å²) in [5.74, 6) is -1.35. The van der Waals surface area contributed by atoms with Crippen LogP contribution in [0.5, 0.6) is 0 Å². The fraction of sp³-hybridized carbons (Fsp3) is 0.667. The molecule has 0 aromatic carbocycles. The Kier molecular flexibility index (Phi) is 4.34. The van der Waals surface area contributed by atoms with E-state index in [2.05, 4.69) is 10.4 Å². The van der Waals surface area contributed by atoms with Gasteiger partial charge in [0.25, 0.3) is 5.91 Å². The molecule has 2 N–H and O–H groups in total. The van der Waals surface area contributed by atoms with Crippen molar-refractivity contribution in [1.29, 1.82) is 0 Å². The summed E-state index contributed by atoms with van der Waals surface area (Å²) in [7, 11) is 1.76. The topological polar surface area (TPSA) is 84.2 Å². The average molecular weight is 293 g/mol. The van der Waals surface area contributed by atoms with E-state index in [1.165, 1.54) is 0 Å². The standard InChI is InChI=1S/C15H23N3O3/c1-4-12-11(9-18(3)17-12)13(19)16-15(14(20)21)8-6-5-7-10(15)2/h9-10H,4-8H2,1-3H3,(H,16,19)(H,20,21). The Morgan fingerprint density at radius 3 is 2.81 bits per heavy atom. The van der Waals surface area contributed by atoms with E-state index < -0.39 is 11.5 Å². The Balaban J connectivity index is 2.28. The number of carboxylic acids is 1. The third kappa shape index (κ3) is 2.80. The lowest BCUT2D eigenvalue weighted by Crippen LogP contribution is -2.60. The maximum Gasteiger partial charge on any atom is 0.329 e. The highest BCUT2D eigenvalue weighted by Gasteiger charge is 2.46. The van der Waals surface area contributed by atoms with Gasteiger partial charge in [0.1, 0.15) is 5.54 Å². The number of hydrogen-bond donors (Lipinski definition) is 2. The molecule has 21 heavy (non-hydrogen) atoms. The van der Waals surface area contributed by atoms with Crippen molar-refractivity contribution >= 4 is 11.9 Å². The zero-order chi connectivity index (χ0) is 15.6. The molecule has 1 aromatic rings. The molecule has 116 valence electrons. The molecule has 0 radical (unpaired) electrons. The number of carboxylic acid groups (broad SMARTS) is 1. The minimum atomic E-state index is -1.16. The van der Waals surface area contributed by atoms with Crippen LogP contribution in [-0.4, -0.2) is 32.3 Å².